The average molecular weight is 207 g/mol. The van der Waals surface area contributed by atoms with Crippen molar-refractivity contribution in [3.8, 4) is 0 Å². The molecule has 1 aromatic heterocycles. The van der Waals surface area contributed by atoms with Crippen LogP contribution in [0.4, 0.5) is 0 Å². The number of aromatic nitrogens is 1. The standard InChI is InChI=1S/C13H21NO/c1-2-3-4-7-13(15)9-8-12-6-5-10-14-11-12/h5-6,10-11,13,15H,2-4,7-9H2,1H3. The van der Waals surface area contributed by atoms with E-state index < -0.39 is 0 Å². The van der Waals surface area contributed by atoms with Gasteiger partial charge in [-0.25, -0.2) is 0 Å². The molecule has 1 atom stereocenters. The van der Waals surface area contributed by atoms with Gasteiger partial charge in [-0.15, -0.1) is 0 Å². The first-order valence-electron chi connectivity index (χ1n) is 5.90. The number of rotatable bonds is 7. The van der Waals surface area contributed by atoms with E-state index in [-0.39, 0.29) is 6.10 Å². The van der Waals surface area contributed by atoms with E-state index in [1.165, 1.54) is 18.4 Å². The number of pyridine rings is 1. The Morgan fingerprint density at radius 2 is 2.20 bits per heavy atom. The van der Waals surface area contributed by atoms with Crippen LogP contribution in [-0.2, 0) is 6.42 Å². The molecule has 1 aromatic rings. The summed E-state index contributed by atoms with van der Waals surface area (Å²) in [4.78, 5) is 4.06. The van der Waals surface area contributed by atoms with E-state index in [2.05, 4.69) is 18.0 Å². The van der Waals surface area contributed by atoms with Gasteiger partial charge in [-0.3, -0.25) is 4.98 Å². The average Bonchev–Trinajstić information content (AvgIpc) is 2.28. The van der Waals surface area contributed by atoms with Crippen LogP contribution in [0.15, 0.2) is 24.5 Å². The summed E-state index contributed by atoms with van der Waals surface area (Å²) in [6.07, 6.45) is 9.82. The number of aliphatic hydroxyl groups is 1. The van der Waals surface area contributed by atoms with Crippen LogP contribution in [0.1, 0.15) is 44.6 Å². The lowest BCUT2D eigenvalue weighted by Crippen LogP contribution is -2.07. The van der Waals surface area contributed by atoms with Crippen molar-refractivity contribution in [2.75, 3.05) is 0 Å². The van der Waals surface area contributed by atoms with Gasteiger partial charge in [-0.2, -0.15) is 0 Å². The second kappa shape index (κ2) is 7.41. The summed E-state index contributed by atoms with van der Waals surface area (Å²) in [7, 11) is 0. The van der Waals surface area contributed by atoms with E-state index in [0.717, 1.165) is 25.7 Å². The molecule has 0 saturated heterocycles. The third-order valence-electron chi connectivity index (χ3n) is 2.63. The summed E-state index contributed by atoms with van der Waals surface area (Å²) in [6.45, 7) is 2.18. The van der Waals surface area contributed by atoms with Crippen LogP contribution in [0.5, 0.6) is 0 Å². The number of hydrogen-bond acceptors (Lipinski definition) is 2. The van der Waals surface area contributed by atoms with E-state index in [1.54, 1.807) is 6.20 Å². The van der Waals surface area contributed by atoms with Gasteiger partial charge in [0.1, 0.15) is 0 Å². The summed E-state index contributed by atoms with van der Waals surface area (Å²) in [5.41, 5.74) is 1.21. The highest BCUT2D eigenvalue weighted by Gasteiger charge is 2.03. The van der Waals surface area contributed by atoms with E-state index >= 15 is 0 Å². The third-order valence-corrected chi connectivity index (χ3v) is 2.63. The van der Waals surface area contributed by atoms with Crippen molar-refractivity contribution in [3.63, 3.8) is 0 Å². The van der Waals surface area contributed by atoms with E-state index in [9.17, 15) is 5.11 Å². The molecular formula is C13H21NO. The fourth-order valence-corrected chi connectivity index (χ4v) is 1.65. The number of hydrogen-bond donors (Lipinski definition) is 1. The van der Waals surface area contributed by atoms with Crippen LogP contribution in [0.3, 0.4) is 0 Å². The molecule has 1 unspecified atom stereocenters. The molecule has 1 heterocycles. The van der Waals surface area contributed by atoms with Gasteiger partial charge in [0.15, 0.2) is 0 Å². The molecular weight excluding hydrogens is 186 g/mol. The van der Waals surface area contributed by atoms with Crippen molar-refractivity contribution >= 4 is 0 Å². The van der Waals surface area contributed by atoms with Crippen molar-refractivity contribution in [1.29, 1.82) is 0 Å². The van der Waals surface area contributed by atoms with Crippen LogP contribution < -0.4 is 0 Å². The minimum absolute atomic E-state index is 0.142. The molecule has 0 aromatic carbocycles. The zero-order valence-electron chi connectivity index (χ0n) is 9.52. The minimum atomic E-state index is -0.142. The predicted molar refractivity (Wildman–Crippen MR) is 62.7 cm³/mol. The van der Waals surface area contributed by atoms with Crippen molar-refractivity contribution < 1.29 is 5.11 Å². The van der Waals surface area contributed by atoms with Crippen molar-refractivity contribution in [2.24, 2.45) is 0 Å². The van der Waals surface area contributed by atoms with Crippen LogP contribution in [0.2, 0.25) is 0 Å². The SMILES string of the molecule is CCCCCC(O)CCc1cccnc1. The maximum atomic E-state index is 9.72. The Balaban J connectivity index is 2.14. The van der Waals surface area contributed by atoms with Gasteiger partial charge >= 0.3 is 0 Å². The van der Waals surface area contributed by atoms with E-state index in [1.807, 2.05) is 12.3 Å². The van der Waals surface area contributed by atoms with Crippen molar-refractivity contribution in [2.45, 2.75) is 51.6 Å². The van der Waals surface area contributed by atoms with Gasteiger partial charge in [-0.1, -0.05) is 32.3 Å². The highest BCUT2D eigenvalue weighted by Crippen LogP contribution is 2.09. The maximum absolute atomic E-state index is 9.72. The fraction of sp³-hybridized carbons (Fsp3) is 0.615. The van der Waals surface area contributed by atoms with Crippen LogP contribution in [-0.4, -0.2) is 16.2 Å². The summed E-state index contributed by atoms with van der Waals surface area (Å²) in [6, 6.07) is 4.00. The molecule has 0 amide bonds. The normalized spacial score (nSPS) is 12.7. The molecule has 0 radical (unpaired) electrons. The fourth-order valence-electron chi connectivity index (χ4n) is 1.65. The number of aliphatic hydroxyl groups excluding tert-OH is 1. The molecule has 0 fully saturated rings. The number of unbranched alkanes of at least 4 members (excludes halogenated alkanes) is 2. The Kier molecular flexibility index (Phi) is 6.02. The topological polar surface area (TPSA) is 33.1 Å². The monoisotopic (exact) mass is 207 g/mol. The van der Waals surface area contributed by atoms with E-state index in [4.69, 9.17) is 0 Å². The Hall–Kier alpha value is -0.890. The van der Waals surface area contributed by atoms with Gasteiger partial charge < -0.3 is 5.11 Å². The first-order valence-corrected chi connectivity index (χ1v) is 5.90. The van der Waals surface area contributed by atoms with Crippen molar-refractivity contribution in [3.05, 3.63) is 30.1 Å². The number of nitrogens with zero attached hydrogens (tertiary/aromatic N) is 1. The van der Waals surface area contributed by atoms with E-state index in [0.29, 0.717) is 0 Å². The Morgan fingerprint density at radius 1 is 1.33 bits per heavy atom. The van der Waals surface area contributed by atoms with Crippen molar-refractivity contribution in [1.82, 2.24) is 4.98 Å². The molecule has 84 valence electrons. The molecule has 0 saturated carbocycles. The smallest absolute Gasteiger partial charge is 0.0543 e. The molecule has 2 heteroatoms. The number of aryl methyl sites for hydroxylation is 1. The van der Waals surface area contributed by atoms with Crippen LogP contribution in [0.25, 0.3) is 0 Å². The lowest BCUT2D eigenvalue weighted by Gasteiger charge is -2.09. The minimum Gasteiger partial charge on any atom is -0.393 e. The Labute approximate surface area is 92.4 Å². The molecule has 0 aliphatic heterocycles. The lowest BCUT2D eigenvalue weighted by atomic mass is 10.0. The third kappa shape index (κ3) is 5.53. The second-order valence-corrected chi connectivity index (χ2v) is 4.05. The van der Waals surface area contributed by atoms with Gasteiger partial charge in [0, 0.05) is 12.4 Å². The first kappa shape index (κ1) is 12.2. The molecule has 15 heavy (non-hydrogen) atoms. The molecule has 0 aliphatic carbocycles. The Morgan fingerprint density at radius 3 is 2.87 bits per heavy atom. The zero-order valence-corrected chi connectivity index (χ0v) is 9.52. The molecule has 0 spiro atoms. The highest BCUT2D eigenvalue weighted by atomic mass is 16.3. The quantitative estimate of drug-likeness (QED) is 0.697. The first-order chi connectivity index (χ1) is 7.33. The molecule has 0 aliphatic rings. The summed E-state index contributed by atoms with van der Waals surface area (Å²) in [5, 5.41) is 9.72. The van der Waals surface area contributed by atoms with Crippen LogP contribution >= 0.6 is 0 Å². The summed E-state index contributed by atoms with van der Waals surface area (Å²) in [5.74, 6) is 0. The van der Waals surface area contributed by atoms with Gasteiger partial charge in [-0.05, 0) is 30.9 Å². The van der Waals surface area contributed by atoms with Gasteiger partial charge in [0.2, 0.25) is 0 Å². The molecule has 1 rings (SSSR count). The lowest BCUT2D eigenvalue weighted by molar-refractivity contribution is 0.151. The predicted octanol–water partition coefficient (Wildman–Crippen LogP) is 2.96. The maximum Gasteiger partial charge on any atom is 0.0543 e. The largest absolute Gasteiger partial charge is 0.393 e. The highest BCUT2D eigenvalue weighted by molar-refractivity contribution is 5.08. The summed E-state index contributed by atoms with van der Waals surface area (Å²) < 4.78 is 0. The zero-order chi connectivity index (χ0) is 10.9. The van der Waals surface area contributed by atoms with Gasteiger partial charge in [0.25, 0.3) is 0 Å². The summed E-state index contributed by atoms with van der Waals surface area (Å²) >= 11 is 0. The molecule has 2 nitrogen and oxygen atoms in total. The van der Waals surface area contributed by atoms with Crippen LogP contribution in [0, 0.1) is 0 Å². The molecule has 1 N–H and O–H groups in total. The Bertz CT molecular complexity index is 248. The molecule has 0 bridgehead atoms. The van der Waals surface area contributed by atoms with Gasteiger partial charge in [0.05, 0.1) is 6.10 Å². The second-order valence-electron chi connectivity index (χ2n) is 4.05.